The number of anilines is 3. The quantitative estimate of drug-likeness (QED) is 0.159. The zero-order valence-corrected chi connectivity index (χ0v) is 35.6. The van der Waals surface area contributed by atoms with Crippen molar-refractivity contribution in [3.8, 4) is 33.4 Å². The van der Waals surface area contributed by atoms with E-state index in [1.807, 2.05) is 17.4 Å². The molecule has 0 bridgehead atoms. The van der Waals surface area contributed by atoms with E-state index in [0.717, 1.165) is 50.1 Å². The summed E-state index contributed by atoms with van der Waals surface area (Å²) >= 11 is 1.86. The fourth-order valence-electron chi connectivity index (χ4n) is 10.5. The van der Waals surface area contributed by atoms with Crippen LogP contribution in [0, 0.1) is 0 Å². The molecule has 0 fully saturated rings. The molecule has 0 N–H and O–H groups in total. The summed E-state index contributed by atoms with van der Waals surface area (Å²) in [5.74, 6) is 0. The predicted octanol–water partition coefficient (Wildman–Crippen LogP) is 17.1. The fourth-order valence-corrected chi connectivity index (χ4v) is 11.6. The summed E-state index contributed by atoms with van der Waals surface area (Å²) in [6.45, 7) is 0. The van der Waals surface area contributed by atoms with Gasteiger partial charge in [-0.1, -0.05) is 176 Å². The molecule has 12 aromatic rings. The topological polar surface area (TPSA) is 16.4 Å². The molecule has 10 aromatic carbocycles. The number of benzene rings is 10. The Hall–Kier alpha value is -7.98. The van der Waals surface area contributed by atoms with Crippen molar-refractivity contribution in [1.82, 2.24) is 0 Å². The molecule has 0 aliphatic heterocycles. The minimum atomic E-state index is -0.473. The van der Waals surface area contributed by atoms with E-state index in [2.05, 4.69) is 235 Å². The second-order valence-corrected chi connectivity index (χ2v) is 17.9. The van der Waals surface area contributed by atoms with Crippen LogP contribution < -0.4 is 4.90 Å². The van der Waals surface area contributed by atoms with Crippen LogP contribution in [-0.2, 0) is 5.41 Å². The average molecular weight is 834 g/mol. The highest BCUT2D eigenvalue weighted by Crippen LogP contribution is 2.57. The summed E-state index contributed by atoms with van der Waals surface area (Å²) in [5.41, 5.74) is 16.7. The molecule has 13 rings (SSSR count). The molecule has 2 heterocycles. The summed E-state index contributed by atoms with van der Waals surface area (Å²) in [6.07, 6.45) is 0. The van der Waals surface area contributed by atoms with Gasteiger partial charge < -0.3 is 9.32 Å². The first-order chi connectivity index (χ1) is 31.7. The summed E-state index contributed by atoms with van der Waals surface area (Å²) in [4.78, 5) is 2.41. The third kappa shape index (κ3) is 5.58. The van der Waals surface area contributed by atoms with Crippen molar-refractivity contribution in [3.63, 3.8) is 0 Å². The zero-order valence-electron chi connectivity index (χ0n) is 34.8. The van der Waals surface area contributed by atoms with Gasteiger partial charge in [-0.15, -0.1) is 11.3 Å². The van der Waals surface area contributed by atoms with Crippen LogP contribution in [0.25, 0.3) is 75.5 Å². The number of furan rings is 1. The van der Waals surface area contributed by atoms with E-state index < -0.39 is 5.41 Å². The highest BCUT2D eigenvalue weighted by Gasteiger charge is 2.46. The van der Waals surface area contributed by atoms with E-state index in [0.29, 0.717) is 0 Å². The van der Waals surface area contributed by atoms with Crippen LogP contribution in [0.15, 0.2) is 241 Å². The first-order valence-corrected chi connectivity index (χ1v) is 22.7. The van der Waals surface area contributed by atoms with Crippen LogP contribution in [0.5, 0.6) is 0 Å². The lowest BCUT2D eigenvalue weighted by Gasteiger charge is -2.34. The van der Waals surface area contributed by atoms with Gasteiger partial charge in [0.25, 0.3) is 0 Å². The monoisotopic (exact) mass is 833 g/mol. The van der Waals surface area contributed by atoms with Gasteiger partial charge in [0, 0.05) is 53.6 Å². The number of para-hydroxylation sites is 2. The van der Waals surface area contributed by atoms with Crippen molar-refractivity contribution in [3.05, 3.63) is 259 Å². The lowest BCUT2D eigenvalue weighted by Crippen LogP contribution is -2.28. The second-order valence-electron chi connectivity index (χ2n) is 16.8. The minimum absolute atomic E-state index is 0.473. The SMILES string of the molecule is c1ccc(C2(c3ccccc3)c3ccccc3-c3cc(N(c4ccc(-c5ccc6sc7ccccc7c6c5)cc4)c4cccc(-c5cccc6c5oc5ccccc56)c4)ccc32)cc1. The smallest absolute Gasteiger partial charge is 0.143 e. The van der Waals surface area contributed by atoms with E-state index in [9.17, 15) is 0 Å². The number of hydrogen-bond donors (Lipinski definition) is 0. The average Bonchev–Trinajstić information content (AvgIpc) is 4.03. The molecule has 1 aliphatic rings. The van der Waals surface area contributed by atoms with Crippen molar-refractivity contribution in [1.29, 1.82) is 0 Å². The number of rotatable bonds is 7. The van der Waals surface area contributed by atoms with Crippen LogP contribution in [0.2, 0.25) is 0 Å². The van der Waals surface area contributed by atoms with E-state index >= 15 is 0 Å². The Balaban J connectivity index is 0.996. The molecule has 0 radical (unpaired) electrons. The maximum atomic E-state index is 6.57. The molecule has 2 nitrogen and oxygen atoms in total. The molecule has 0 spiro atoms. The Morgan fingerprint density at radius 2 is 0.953 bits per heavy atom. The maximum absolute atomic E-state index is 6.57. The predicted molar refractivity (Wildman–Crippen MR) is 269 cm³/mol. The van der Waals surface area contributed by atoms with E-state index in [4.69, 9.17) is 4.42 Å². The van der Waals surface area contributed by atoms with Gasteiger partial charge in [-0.3, -0.25) is 0 Å². The molecular formula is C61H39NOS. The highest BCUT2D eigenvalue weighted by atomic mass is 32.1. The van der Waals surface area contributed by atoms with Crippen LogP contribution in [0.4, 0.5) is 17.1 Å². The van der Waals surface area contributed by atoms with Crippen LogP contribution in [-0.4, -0.2) is 0 Å². The third-order valence-corrected chi connectivity index (χ3v) is 14.5. The Kier molecular flexibility index (Phi) is 8.34. The van der Waals surface area contributed by atoms with Gasteiger partial charge in [-0.2, -0.15) is 0 Å². The summed E-state index contributed by atoms with van der Waals surface area (Å²) in [7, 11) is 0. The summed E-state index contributed by atoms with van der Waals surface area (Å²) in [6, 6.07) is 86.5. The molecule has 1 aliphatic carbocycles. The molecular weight excluding hydrogens is 795 g/mol. The van der Waals surface area contributed by atoms with Crippen LogP contribution >= 0.6 is 11.3 Å². The van der Waals surface area contributed by atoms with Crippen molar-refractivity contribution >= 4 is 70.5 Å². The van der Waals surface area contributed by atoms with Gasteiger partial charge in [0.05, 0.1) is 5.41 Å². The second kappa shape index (κ2) is 14.6. The molecule has 0 unspecified atom stereocenters. The molecule has 2 aromatic heterocycles. The molecule has 0 amide bonds. The Morgan fingerprint density at radius 3 is 1.78 bits per heavy atom. The van der Waals surface area contributed by atoms with Gasteiger partial charge in [-0.05, 0) is 111 Å². The number of thiophene rings is 1. The normalized spacial score (nSPS) is 12.8. The molecule has 0 saturated carbocycles. The molecule has 0 saturated heterocycles. The van der Waals surface area contributed by atoms with Gasteiger partial charge in [0.2, 0.25) is 0 Å². The first kappa shape index (κ1) is 36.7. The molecule has 64 heavy (non-hydrogen) atoms. The van der Waals surface area contributed by atoms with Crippen molar-refractivity contribution < 1.29 is 4.42 Å². The minimum Gasteiger partial charge on any atom is -0.455 e. The fraction of sp³-hybridized carbons (Fsp3) is 0.0164. The van der Waals surface area contributed by atoms with Gasteiger partial charge in [0.1, 0.15) is 11.2 Å². The largest absolute Gasteiger partial charge is 0.455 e. The molecule has 0 atom stereocenters. The standard InChI is InChI=1S/C61H39NOS/c1-3-16-43(17-4-1)61(44-18-5-2-6-19-44)55-26-10-7-21-49(55)53-39-47(34-35-56(53)61)62(45-32-29-40(30-33-45)41-31-36-59-54(38-41)51-23-9-12-28-58(51)64-59)46-20-13-15-42(37-46)48-24-14-25-52-50-22-8-11-27-57(50)63-60(48)52/h1-39H. The number of fused-ring (bicyclic) bond motifs is 9. The van der Waals surface area contributed by atoms with E-state index in [-0.39, 0.29) is 0 Å². The Labute approximate surface area is 375 Å². The summed E-state index contributed by atoms with van der Waals surface area (Å²) in [5, 5.41) is 4.87. The number of nitrogens with zero attached hydrogens (tertiary/aromatic N) is 1. The Morgan fingerprint density at radius 1 is 0.344 bits per heavy atom. The third-order valence-electron chi connectivity index (χ3n) is 13.4. The van der Waals surface area contributed by atoms with Gasteiger partial charge in [-0.25, -0.2) is 0 Å². The summed E-state index contributed by atoms with van der Waals surface area (Å²) < 4.78 is 9.20. The van der Waals surface area contributed by atoms with Crippen molar-refractivity contribution in [2.45, 2.75) is 5.41 Å². The van der Waals surface area contributed by atoms with Crippen molar-refractivity contribution in [2.75, 3.05) is 4.90 Å². The van der Waals surface area contributed by atoms with Crippen molar-refractivity contribution in [2.24, 2.45) is 0 Å². The lowest BCUT2D eigenvalue weighted by atomic mass is 9.68. The maximum Gasteiger partial charge on any atom is 0.143 e. The highest BCUT2D eigenvalue weighted by molar-refractivity contribution is 7.25. The van der Waals surface area contributed by atoms with Gasteiger partial charge >= 0.3 is 0 Å². The molecule has 300 valence electrons. The lowest BCUT2D eigenvalue weighted by molar-refractivity contribution is 0.670. The zero-order chi connectivity index (χ0) is 42.2. The van der Waals surface area contributed by atoms with Gasteiger partial charge in [0.15, 0.2) is 0 Å². The van der Waals surface area contributed by atoms with E-state index in [1.54, 1.807) is 0 Å². The molecule has 3 heteroatoms. The number of hydrogen-bond acceptors (Lipinski definition) is 3. The first-order valence-electron chi connectivity index (χ1n) is 21.9. The van der Waals surface area contributed by atoms with E-state index in [1.165, 1.54) is 64.7 Å². The van der Waals surface area contributed by atoms with Crippen LogP contribution in [0.3, 0.4) is 0 Å². The Bertz CT molecular complexity index is 3690. The van der Waals surface area contributed by atoms with Crippen LogP contribution in [0.1, 0.15) is 22.3 Å².